The molecular weight excluding hydrogens is 468 g/mol. The maximum absolute atomic E-state index is 4.68. The van der Waals surface area contributed by atoms with Gasteiger partial charge in [-0.1, -0.05) is 6.07 Å². The van der Waals surface area contributed by atoms with Crippen LogP contribution in [0.3, 0.4) is 0 Å². The molecule has 2 fully saturated rings. The first-order valence-electron chi connectivity index (χ1n) is 8.80. The first-order chi connectivity index (χ1) is 11.7. The van der Waals surface area contributed by atoms with Crippen molar-refractivity contribution in [3.8, 4) is 0 Å². The molecule has 7 nitrogen and oxygen atoms in total. The Hall–Kier alpha value is -0.614. The van der Waals surface area contributed by atoms with Gasteiger partial charge in [0.15, 0.2) is 0 Å². The normalized spacial score (nSPS) is 17.6. The van der Waals surface area contributed by atoms with E-state index in [2.05, 4.69) is 36.3 Å². The van der Waals surface area contributed by atoms with E-state index in [4.69, 9.17) is 0 Å². The second-order valence-corrected chi connectivity index (χ2v) is 6.39. The molecule has 3 heterocycles. The fourth-order valence-electron chi connectivity index (χ4n) is 2.88. The fraction of sp³-hybridized carbons (Fsp3) is 0.588. The zero-order valence-electron chi connectivity index (χ0n) is 16.1. The van der Waals surface area contributed by atoms with Crippen LogP contribution < -0.4 is 48.3 Å². The molecule has 28 heavy (non-hydrogen) atoms. The predicted octanol–water partition coefficient (Wildman–Crippen LogP) is -7.26. The number of nitrogens with one attached hydrogen (secondary N) is 2. The molecule has 2 saturated heterocycles. The van der Waals surface area contributed by atoms with Gasteiger partial charge in [0.1, 0.15) is 0 Å². The molecule has 3 rings (SSSR count). The van der Waals surface area contributed by atoms with Gasteiger partial charge in [0, 0.05) is 26.2 Å². The Bertz CT molecular complexity index is 569. The number of hydrogen-bond acceptors (Lipinski definition) is 7. The van der Waals surface area contributed by atoms with Crippen molar-refractivity contribution < 1.29 is 54.0 Å². The standard InChI is InChI=1S/C17H27N7.3ClH.Co/c1-14(19-21-23-10-3-4-11-23)16-8-7-9-17(18-16)15(2)20-22-24-12-5-6-13-24;;;;/h7-9,21-22H,3-6,10-13H2,1-2H3;3*1H;/q;;;;+3/p-3. The van der Waals surface area contributed by atoms with Gasteiger partial charge < -0.3 is 37.2 Å². The van der Waals surface area contributed by atoms with Crippen LogP contribution in [0.1, 0.15) is 50.9 Å². The van der Waals surface area contributed by atoms with Crippen LogP contribution in [0.4, 0.5) is 0 Å². The molecule has 160 valence electrons. The van der Waals surface area contributed by atoms with Crippen molar-refractivity contribution >= 4 is 11.4 Å². The van der Waals surface area contributed by atoms with Crippen molar-refractivity contribution in [2.45, 2.75) is 39.5 Å². The van der Waals surface area contributed by atoms with Crippen LogP contribution in [0.15, 0.2) is 28.4 Å². The number of aromatic nitrogens is 1. The quantitative estimate of drug-likeness (QED) is 0.304. The second kappa shape index (κ2) is 15.3. The van der Waals surface area contributed by atoms with E-state index in [0.717, 1.165) is 49.0 Å². The van der Waals surface area contributed by atoms with Crippen LogP contribution in [-0.4, -0.2) is 52.6 Å². The van der Waals surface area contributed by atoms with Gasteiger partial charge in [0.25, 0.3) is 0 Å². The van der Waals surface area contributed by atoms with Crippen LogP contribution >= 0.6 is 0 Å². The SMILES string of the molecule is CC(=NNN1CCCC1)c1cccc(C(C)=NNN2CCCC2)n1.[Cl-].[Cl-].[Cl-].[Co+3]. The summed E-state index contributed by atoms with van der Waals surface area (Å²) in [6.45, 7) is 8.17. The van der Waals surface area contributed by atoms with Crippen LogP contribution in [0.5, 0.6) is 0 Å². The van der Waals surface area contributed by atoms with E-state index < -0.39 is 0 Å². The smallest absolute Gasteiger partial charge is 1.00 e. The Morgan fingerprint density at radius 1 is 0.786 bits per heavy atom. The second-order valence-electron chi connectivity index (χ2n) is 6.39. The molecule has 2 aliphatic rings. The van der Waals surface area contributed by atoms with E-state index >= 15 is 0 Å². The van der Waals surface area contributed by atoms with Crippen molar-refractivity contribution in [1.82, 2.24) is 26.1 Å². The molecule has 0 spiro atoms. The molecule has 0 bridgehead atoms. The summed E-state index contributed by atoms with van der Waals surface area (Å²) < 4.78 is 0. The zero-order chi connectivity index (χ0) is 16.8. The average Bonchev–Trinajstić information content (AvgIpc) is 3.31. The third-order valence-corrected chi connectivity index (χ3v) is 4.42. The number of hydrogen-bond donors (Lipinski definition) is 2. The van der Waals surface area contributed by atoms with Gasteiger partial charge in [0.2, 0.25) is 0 Å². The van der Waals surface area contributed by atoms with Crippen LogP contribution in [-0.2, 0) is 16.8 Å². The van der Waals surface area contributed by atoms with E-state index in [0.29, 0.717) is 0 Å². The van der Waals surface area contributed by atoms with E-state index in [1.165, 1.54) is 25.7 Å². The van der Waals surface area contributed by atoms with E-state index in [1.807, 2.05) is 32.0 Å². The predicted molar refractivity (Wildman–Crippen MR) is 96.5 cm³/mol. The van der Waals surface area contributed by atoms with Gasteiger partial charge >= 0.3 is 16.8 Å². The third kappa shape index (κ3) is 8.81. The minimum Gasteiger partial charge on any atom is -1.00 e. The van der Waals surface area contributed by atoms with Gasteiger partial charge in [-0.15, -0.1) is 0 Å². The third-order valence-electron chi connectivity index (χ3n) is 4.42. The van der Waals surface area contributed by atoms with Crippen molar-refractivity contribution in [3.05, 3.63) is 29.6 Å². The summed E-state index contributed by atoms with van der Waals surface area (Å²) in [6, 6.07) is 5.96. The monoisotopic (exact) mass is 493 g/mol. The first-order valence-corrected chi connectivity index (χ1v) is 8.80. The molecule has 2 aliphatic heterocycles. The maximum atomic E-state index is 4.68. The number of pyridine rings is 1. The largest absolute Gasteiger partial charge is 3.00 e. The number of rotatable bonds is 6. The van der Waals surface area contributed by atoms with Gasteiger partial charge in [-0.3, -0.25) is 0 Å². The van der Waals surface area contributed by atoms with Crippen molar-refractivity contribution in [3.63, 3.8) is 0 Å². The molecule has 0 radical (unpaired) electrons. The van der Waals surface area contributed by atoms with E-state index in [-0.39, 0.29) is 54.0 Å². The molecule has 0 aliphatic carbocycles. The Labute approximate surface area is 196 Å². The Kier molecular flexibility index (Phi) is 16.1. The molecule has 2 N–H and O–H groups in total. The summed E-state index contributed by atoms with van der Waals surface area (Å²) in [4.78, 5) is 4.68. The molecule has 0 amide bonds. The van der Waals surface area contributed by atoms with E-state index in [1.54, 1.807) is 0 Å². The van der Waals surface area contributed by atoms with Crippen LogP contribution in [0, 0.1) is 0 Å². The van der Waals surface area contributed by atoms with Crippen molar-refractivity contribution in [2.75, 3.05) is 26.2 Å². The van der Waals surface area contributed by atoms with Crippen LogP contribution in [0.2, 0.25) is 0 Å². The number of halogens is 3. The molecule has 11 heteroatoms. The molecule has 1 aromatic rings. The minimum absolute atomic E-state index is 0. The topological polar surface area (TPSA) is 68.2 Å². The zero-order valence-corrected chi connectivity index (χ0v) is 19.4. The number of hydrazone groups is 2. The molecular formula is C17H27Cl3CoN7. The Balaban J connectivity index is 0. The number of nitrogens with zero attached hydrogens (tertiary/aromatic N) is 5. The van der Waals surface area contributed by atoms with Gasteiger partial charge in [-0.25, -0.2) is 26.1 Å². The van der Waals surface area contributed by atoms with Crippen molar-refractivity contribution in [1.29, 1.82) is 0 Å². The average molecular weight is 495 g/mol. The fourth-order valence-corrected chi connectivity index (χ4v) is 2.88. The number of hydrazine groups is 2. The summed E-state index contributed by atoms with van der Waals surface area (Å²) in [5.74, 6) is 0. The van der Waals surface area contributed by atoms with Crippen molar-refractivity contribution in [2.24, 2.45) is 10.2 Å². The summed E-state index contributed by atoms with van der Waals surface area (Å²) >= 11 is 0. The molecule has 0 aromatic carbocycles. The van der Waals surface area contributed by atoms with Gasteiger partial charge in [-0.05, 0) is 51.7 Å². The Morgan fingerprint density at radius 3 is 1.50 bits per heavy atom. The van der Waals surface area contributed by atoms with Crippen LogP contribution in [0.25, 0.3) is 0 Å². The molecule has 0 saturated carbocycles. The van der Waals surface area contributed by atoms with Gasteiger partial charge in [0.05, 0.1) is 22.8 Å². The maximum Gasteiger partial charge on any atom is 3.00 e. The Morgan fingerprint density at radius 2 is 1.14 bits per heavy atom. The summed E-state index contributed by atoms with van der Waals surface area (Å²) in [6.07, 6.45) is 4.92. The summed E-state index contributed by atoms with van der Waals surface area (Å²) in [5, 5.41) is 13.2. The molecule has 1 aromatic heterocycles. The summed E-state index contributed by atoms with van der Waals surface area (Å²) in [7, 11) is 0. The molecule has 0 atom stereocenters. The molecule has 0 unspecified atom stereocenters. The first kappa shape index (κ1) is 29.6. The van der Waals surface area contributed by atoms with E-state index in [9.17, 15) is 0 Å². The minimum atomic E-state index is 0. The summed E-state index contributed by atoms with van der Waals surface area (Å²) in [5.41, 5.74) is 9.74. The van der Waals surface area contributed by atoms with Gasteiger partial charge in [-0.2, -0.15) is 10.2 Å².